The predicted octanol–water partition coefficient (Wildman–Crippen LogP) is 3.14. The Kier molecular flexibility index (Phi) is 5.75. The molecule has 0 bridgehead atoms. The molecule has 0 saturated carbocycles. The summed E-state index contributed by atoms with van der Waals surface area (Å²) in [6.07, 6.45) is 1.98. The summed E-state index contributed by atoms with van der Waals surface area (Å²) in [4.78, 5) is 0.571. The minimum absolute atomic E-state index is 0.0862. The fourth-order valence-electron chi connectivity index (χ4n) is 0.931. The lowest BCUT2D eigenvalue weighted by Crippen LogP contribution is -2.31. The van der Waals surface area contributed by atoms with Crippen molar-refractivity contribution in [3.63, 3.8) is 0 Å². The average molecular weight is 231 g/mol. The van der Waals surface area contributed by atoms with Crippen molar-refractivity contribution >= 4 is 17.2 Å². The Morgan fingerprint density at radius 2 is 1.53 bits per heavy atom. The molecular formula is C12H25NOS. The van der Waals surface area contributed by atoms with Crippen LogP contribution < -0.4 is 5.73 Å². The Hall–Kier alpha value is -0.150. The van der Waals surface area contributed by atoms with Crippen molar-refractivity contribution in [2.45, 2.75) is 47.5 Å². The summed E-state index contributed by atoms with van der Waals surface area (Å²) >= 11 is 4.99. The molecule has 0 aromatic carbocycles. The molecule has 2 nitrogen and oxygen atoms in total. The first-order valence-electron chi connectivity index (χ1n) is 5.53. The molecule has 0 aliphatic heterocycles. The van der Waals surface area contributed by atoms with Gasteiger partial charge in [-0.3, -0.25) is 0 Å². The molecular weight excluding hydrogens is 206 g/mol. The van der Waals surface area contributed by atoms with Crippen LogP contribution in [0.2, 0.25) is 0 Å². The normalized spacial score (nSPS) is 12.9. The molecule has 0 spiro atoms. The number of rotatable bonds is 6. The summed E-state index contributed by atoms with van der Waals surface area (Å²) in [5.74, 6) is 0. The van der Waals surface area contributed by atoms with E-state index in [1.54, 1.807) is 0 Å². The maximum absolute atomic E-state index is 5.63. The van der Waals surface area contributed by atoms with Gasteiger partial charge in [0, 0.05) is 18.6 Å². The van der Waals surface area contributed by atoms with Crippen LogP contribution in [0.5, 0.6) is 0 Å². The van der Waals surface area contributed by atoms with Crippen molar-refractivity contribution in [1.82, 2.24) is 0 Å². The third-order valence-corrected chi connectivity index (χ3v) is 3.09. The van der Waals surface area contributed by atoms with E-state index in [0.29, 0.717) is 10.4 Å². The van der Waals surface area contributed by atoms with Gasteiger partial charge in [-0.15, -0.1) is 0 Å². The maximum Gasteiger partial charge on any atom is 0.0785 e. The van der Waals surface area contributed by atoms with Gasteiger partial charge in [0.05, 0.1) is 4.99 Å². The number of hydrogen-bond donors (Lipinski definition) is 1. The van der Waals surface area contributed by atoms with Crippen molar-refractivity contribution in [2.75, 3.05) is 13.2 Å². The van der Waals surface area contributed by atoms with Crippen LogP contribution in [0.25, 0.3) is 0 Å². The zero-order valence-corrected chi connectivity index (χ0v) is 11.5. The standard InChI is InChI=1S/C12H25NOS/c1-11(2,3)6-8-14-9-7-12(4,5)10(13)15/h6-9H2,1-5H3,(H2,13,15). The van der Waals surface area contributed by atoms with E-state index in [1.807, 2.05) is 0 Å². The summed E-state index contributed by atoms with van der Waals surface area (Å²) in [5, 5.41) is 0. The Labute approximate surface area is 99.6 Å². The highest BCUT2D eigenvalue weighted by Gasteiger charge is 2.20. The molecule has 0 heterocycles. The molecule has 90 valence electrons. The van der Waals surface area contributed by atoms with Crippen LogP contribution in [-0.4, -0.2) is 18.2 Å². The number of nitrogens with two attached hydrogens (primary N) is 1. The fraction of sp³-hybridized carbons (Fsp3) is 0.917. The summed E-state index contributed by atoms with van der Waals surface area (Å²) in [7, 11) is 0. The molecule has 0 atom stereocenters. The second-order valence-electron chi connectivity index (χ2n) is 5.92. The molecule has 3 heteroatoms. The molecule has 0 amide bonds. The second kappa shape index (κ2) is 5.80. The molecule has 0 rings (SSSR count). The Bertz CT molecular complexity index is 206. The second-order valence-corrected chi connectivity index (χ2v) is 6.36. The van der Waals surface area contributed by atoms with Gasteiger partial charge in [0.15, 0.2) is 0 Å². The Morgan fingerprint density at radius 1 is 1.07 bits per heavy atom. The Balaban J connectivity index is 3.60. The lowest BCUT2D eigenvalue weighted by Gasteiger charge is -2.23. The quantitative estimate of drug-likeness (QED) is 0.563. The molecule has 15 heavy (non-hydrogen) atoms. The van der Waals surface area contributed by atoms with E-state index in [0.717, 1.165) is 26.1 Å². The van der Waals surface area contributed by atoms with Gasteiger partial charge in [-0.2, -0.15) is 0 Å². The fourth-order valence-corrected chi connectivity index (χ4v) is 1.03. The molecule has 0 aliphatic carbocycles. The van der Waals surface area contributed by atoms with Gasteiger partial charge < -0.3 is 10.5 Å². The van der Waals surface area contributed by atoms with Gasteiger partial charge in [-0.05, 0) is 18.3 Å². The molecule has 0 aliphatic rings. The summed E-state index contributed by atoms with van der Waals surface area (Å²) < 4.78 is 5.58. The first-order valence-corrected chi connectivity index (χ1v) is 5.94. The highest BCUT2D eigenvalue weighted by atomic mass is 32.1. The van der Waals surface area contributed by atoms with Crippen LogP contribution >= 0.6 is 12.2 Å². The zero-order valence-electron chi connectivity index (χ0n) is 10.7. The molecule has 0 fully saturated rings. The monoisotopic (exact) mass is 231 g/mol. The summed E-state index contributed by atoms with van der Waals surface area (Å²) in [6.45, 7) is 12.3. The van der Waals surface area contributed by atoms with Crippen LogP contribution in [0.3, 0.4) is 0 Å². The molecule has 0 aromatic rings. The zero-order chi connectivity index (χ0) is 12.1. The van der Waals surface area contributed by atoms with Crippen LogP contribution in [0.1, 0.15) is 47.5 Å². The van der Waals surface area contributed by atoms with E-state index in [1.165, 1.54) is 0 Å². The van der Waals surface area contributed by atoms with Gasteiger partial charge in [0.1, 0.15) is 0 Å². The Morgan fingerprint density at radius 3 is 1.93 bits per heavy atom. The summed E-state index contributed by atoms with van der Waals surface area (Å²) in [5.41, 5.74) is 5.89. The van der Waals surface area contributed by atoms with Crippen molar-refractivity contribution in [3.05, 3.63) is 0 Å². The first-order chi connectivity index (χ1) is 6.65. The van der Waals surface area contributed by atoms with Gasteiger partial charge in [-0.25, -0.2) is 0 Å². The minimum atomic E-state index is -0.0862. The van der Waals surface area contributed by atoms with Gasteiger partial charge in [-0.1, -0.05) is 46.8 Å². The van der Waals surface area contributed by atoms with Gasteiger partial charge >= 0.3 is 0 Å². The van der Waals surface area contributed by atoms with Gasteiger partial charge in [0.2, 0.25) is 0 Å². The van der Waals surface area contributed by atoms with Crippen LogP contribution in [-0.2, 0) is 4.74 Å². The third kappa shape index (κ3) is 7.74. The smallest absolute Gasteiger partial charge is 0.0785 e. The van der Waals surface area contributed by atoms with E-state index in [4.69, 9.17) is 22.7 Å². The largest absolute Gasteiger partial charge is 0.393 e. The third-order valence-electron chi connectivity index (χ3n) is 2.53. The van der Waals surface area contributed by atoms with E-state index in [-0.39, 0.29) is 5.41 Å². The van der Waals surface area contributed by atoms with Gasteiger partial charge in [0.25, 0.3) is 0 Å². The van der Waals surface area contributed by atoms with Crippen LogP contribution in [0.4, 0.5) is 0 Å². The van der Waals surface area contributed by atoms with Crippen LogP contribution in [0.15, 0.2) is 0 Å². The van der Waals surface area contributed by atoms with Crippen molar-refractivity contribution in [3.8, 4) is 0 Å². The maximum atomic E-state index is 5.63. The van der Waals surface area contributed by atoms with Crippen LogP contribution in [0, 0.1) is 10.8 Å². The summed E-state index contributed by atoms with van der Waals surface area (Å²) in [6, 6.07) is 0. The number of ether oxygens (including phenoxy) is 1. The highest BCUT2D eigenvalue weighted by molar-refractivity contribution is 7.80. The number of thiocarbonyl (C=S) groups is 1. The van der Waals surface area contributed by atoms with E-state index >= 15 is 0 Å². The lowest BCUT2D eigenvalue weighted by molar-refractivity contribution is 0.0947. The molecule has 0 unspecified atom stereocenters. The molecule has 0 aromatic heterocycles. The minimum Gasteiger partial charge on any atom is -0.393 e. The van der Waals surface area contributed by atoms with Crippen molar-refractivity contribution in [1.29, 1.82) is 0 Å². The first kappa shape index (κ1) is 14.8. The SMILES string of the molecule is CC(C)(C)CCOCCC(C)(C)C(N)=S. The molecule has 0 saturated heterocycles. The highest BCUT2D eigenvalue weighted by Crippen LogP contribution is 2.21. The lowest BCUT2D eigenvalue weighted by atomic mass is 9.90. The van der Waals surface area contributed by atoms with E-state index < -0.39 is 0 Å². The molecule has 2 N–H and O–H groups in total. The average Bonchev–Trinajstić information content (AvgIpc) is 2.00. The van der Waals surface area contributed by atoms with Crippen molar-refractivity contribution in [2.24, 2.45) is 16.6 Å². The van der Waals surface area contributed by atoms with E-state index in [2.05, 4.69) is 34.6 Å². The molecule has 0 radical (unpaired) electrons. The van der Waals surface area contributed by atoms with E-state index in [9.17, 15) is 0 Å². The topological polar surface area (TPSA) is 35.2 Å². The van der Waals surface area contributed by atoms with Crippen molar-refractivity contribution < 1.29 is 4.74 Å². The number of hydrogen-bond acceptors (Lipinski definition) is 2. The predicted molar refractivity (Wildman–Crippen MR) is 70.1 cm³/mol.